The monoisotopic (exact) mass is 224 g/mol. The van der Waals surface area contributed by atoms with Crippen LogP contribution in [-0.2, 0) is 0 Å². The molecule has 0 spiro atoms. The van der Waals surface area contributed by atoms with Gasteiger partial charge in [0.25, 0.3) is 0 Å². The van der Waals surface area contributed by atoms with Crippen molar-refractivity contribution in [3.8, 4) is 6.07 Å². The van der Waals surface area contributed by atoms with Crippen LogP contribution in [0.4, 0.5) is 0 Å². The van der Waals surface area contributed by atoms with E-state index in [0.29, 0.717) is 12.5 Å². The molecule has 94 valence electrons. The lowest BCUT2D eigenvalue weighted by molar-refractivity contribution is 0.514. The second-order valence-electron chi connectivity index (χ2n) is 4.69. The zero-order chi connectivity index (χ0) is 12.1. The van der Waals surface area contributed by atoms with E-state index in [1.807, 2.05) is 0 Å². The van der Waals surface area contributed by atoms with Crippen molar-refractivity contribution in [3.63, 3.8) is 0 Å². The molecule has 1 N–H and O–H groups in total. The Morgan fingerprint density at radius 1 is 1.00 bits per heavy atom. The van der Waals surface area contributed by atoms with E-state index in [9.17, 15) is 0 Å². The second kappa shape index (κ2) is 12.5. The van der Waals surface area contributed by atoms with Crippen LogP contribution in [0.3, 0.4) is 0 Å². The van der Waals surface area contributed by atoms with Crippen molar-refractivity contribution in [2.45, 2.75) is 77.7 Å². The molecule has 0 amide bonds. The van der Waals surface area contributed by atoms with E-state index in [4.69, 9.17) is 5.26 Å². The minimum Gasteiger partial charge on any atom is -0.313 e. The van der Waals surface area contributed by atoms with Gasteiger partial charge >= 0.3 is 0 Å². The summed E-state index contributed by atoms with van der Waals surface area (Å²) in [6.07, 6.45) is 11.5. The molecule has 2 heteroatoms. The van der Waals surface area contributed by atoms with E-state index in [0.717, 1.165) is 6.54 Å². The van der Waals surface area contributed by atoms with Gasteiger partial charge < -0.3 is 5.32 Å². The number of hydrogen-bond donors (Lipinski definition) is 1. The molecule has 0 aliphatic heterocycles. The summed E-state index contributed by atoms with van der Waals surface area (Å²) >= 11 is 0. The van der Waals surface area contributed by atoms with Crippen molar-refractivity contribution in [1.29, 1.82) is 5.26 Å². The maximum Gasteiger partial charge on any atom is 0.0638 e. The van der Waals surface area contributed by atoms with E-state index >= 15 is 0 Å². The summed E-state index contributed by atoms with van der Waals surface area (Å²) in [7, 11) is 0. The predicted octanol–water partition coefficient (Wildman–Crippen LogP) is 4.02. The fourth-order valence-electron chi connectivity index (χ4n) is 1.82. The average Bonchev–Trinajstić information content (AvgIpc) is 2.27. The zero-order valence-electron chi connectivity index (χ0n) is 11.1. The fourth-order valence-corrected chi connectivity index (χ4v) is 1.82. The average molecular weight is 224 g/mol. The highest BCUT2D eigenvalue weighted by atomic mass is 14.9. The van der Waals surface area contributed by atoms with Crippen molar-refractivity contribution in [2.75, 3.05) is 6.54 Å². The molecular formula is C14H28N2. The number of nitrogens with one attached hydrogen (secondary N) is 1. The molecule has 0 aromatic heterocycles. The zero-order valence-corrected chi connectivity index (χ0v) is 11.1. The van der Waals surface area contributed by atoms with Crippen LogP contribution in [0.15, 0.2) is 0 Å². The third-order valence-corrected chi connectivity index (χ3v) is 2.92. The van der Waals surface area contributed by atoms with Gasteiger partial charge in [0.05, 0.1) is 12.5 Å². The summed E-state index contributed by atoms with van der Waals surface area (Å²) in [6, 6.07) is 2.54. The first-order valence-electron chi connectivity index (χ1n) is 6.91. The highest BCUT2D eigenvalue weighted by Gasteiger charge is 1.98. The maximum atomic E-state index is 8.49. The van der Waals surface area contributed by atoms with Crippen molar-refractivity contribution >= 4 is 0 Å². The summed E-state index contributed by atoms with van der Waals surface area (Å²) < 4.78 is 0. The van der Waals surface area contributed by atoms with E-state index < -0.39 is 0 Å². The van der Waals surface area contributed by atoms with E-state index in [1.54, 1.807) is 0 Å². The number of hydrogen-bond acceptors (Lipinski definition) is 2. The van der Waals surface area contributed by atoms with Gasteiger partial charge in [-0.2, -0.15) is 5.26 Å². The molecule has 16 heavy (non-hydrogen) atoms. The Morgan fingerprint density at radius 2 is 1.56 bits per heavy atom. The molecule has 2 nitrogen and oxygen atoms in total. The molecule has 0 aliphatic rings. The van der Waals surface area contributed by atoms with Gasteiger partial charge in [-0.15, -0.1) is 0 Å². The molecular weight excluding hydrogens is 196 g/mol. The minimum atomic E-state index is 0.356. The lowest BCUT2D eigenvalue weighted by Crippen LogP contribution is -2.26. The van der Waals surface area contributed by atoms with Crippen LogP contribution >= 0.6 is 0 Å². The molecule has 1 unspecified atom stereocenters. The maximum absolute atomic E-state index is 8.49. The fraction of sp³-hybridized carbons (Fsp3) is 0.929. The van der Waals surface area contributed by atoms with E-state index in [-0.39, 0.29) is 0 Å². The van der Waals surface area contributed by atoms with Gasteiger partial charge in [-0.05, 0) is 19.9 Å². The molecule has 0 aromatic carbocycles. The van der Waals surface area contributed by atoms with Gasteiger partial charge in [0, 0.05) is 6.04 Å². The molecule has 0 aliphatic carbocycles. The topological polar surface area (TPSA) is 35.8 Å². The summed E-state index contributed by atoms with van der Waals surface area (Å²) in [5, 5.41) is 11.9. The molecule has 0 radical (unpaired) electrons. The van der Waals surface area contributed by atoms with Gasteiger partial charge in [0.2, 0.25) is 0 Å². The highest BCUT2D eigenvalue weighted by molar-refractivity contribution is 4.77. The lowest BCUT2D eigenvalue weighted by atomic mass is 10.1. The van der Waals surface area contributed by atoms with Crippen LogP contribution < -0.4 is 5.32 Å². The number of nitriles is 1. The summed E-state index contributed by atoms with van der Waals surface area (Å²) in [4.78, 5) is 0. The van der Waals surface area contributed by atoms with Crippen molar-refractivity contribution in [1.82, 2.24) is 5.32 Å². The first kappa shape index (κ1) is 15.4. The predicted molar refractivity (Wildman–Crippen MR) is 70.3 cm³/mol. The molecule has 0 bridgehead atoms. The van der Waals surface area contributed by atoms with Crippen LogP contribution in [0.5, 0.6) is 0 Å². The Balaban J connectivity index is 3.01. The Kier molecular flexibility index (Phi) is 12.1. The Morgan fingerprint density at radius 3 is 2.12 bits per heavy atom. The summed E-state index contributed by atoms with van der Waals surface area (Å²) in [5.74, 6) is 0. The van der Waals surface area contributed by atoms with Crippen LogP contribution in [0.25, 0.3) is 0 Å². The van der Waals surface area contributed by atoms with Gasteiger partial charge in [0.1, 0.15) is 0 Å². The van der Waals surface area contributed by atoms with E-state index in [2.05, 4.69) is 25.2 Å². The smallest absolute Gasteiger partial charge is 0.0638 e. The standard InChI is InChI=1S/C14H28N2/c1-3-4-5-6-7-8-9-10-13-16-14(2)11-12-15/h14,16H,3-11,13H2,1-2H3. The first-order valence-corrected chi connectivity index (χ1v) is 6.91. The number of nitrogens with zero attached hydrogens (tertiary/aromatic N) is 1. The Labute approximate surface area is 101 Å². The molecule has 0 fully saturated rings. The van der Waals surface area contributed by atoms with Crippen molar-refractivity contribution < 1.29 is 0 Å². The van der Waals surface area contributed by atoms with Gasteiger partial charge in [0.15, 0.2) is 0 Å². The van der Waals surface area contributed by atoms with Gasteiger partial charge in [-0.3, -0.25) is 0 Å². The largest absolute Gasteiger partial charge is 0.313 e. The molecule has 1 atom stereocenters. The lowest BCUT2D eigenvalue weighted by Gasteiger charge is -2.09. The second-order valence-corrected chi connectivity index (χ2v) is 4.69. The van der Waals surface area contributed by atoms with Crippen LogP contribution in [0.2, 0.25) is 0 Å². The number of unbranched alkanes of at least 4 members (excludes halogenated alkanes) is 7. The van der Waals surface area contributed by atoms with Crippen LogP contribution in [0, 0.1) is 11.3 Å². The van der Waals surface area contributed by atoms with Crippen molar-refractivity contribution in [2.24, 2.45) is 0 Å². The minimum absolute atomic E-state index is 0.356. The summed E-state index contributed by atoms with van der Waals surface area (Å²) in [5.41, 5.74) is 0. The quantitative estimate of drug-likeness (QED) is 0.538. The van der Waals surface area contributed by atoms with Crippen LogP contribution in [-0.4, -0.2) is 12.6 Å². The summed E-state index contributed by atoms with van der Waals surface area (Å²) in [6.45, 7) is 5.40. The third-order valence-electron chi connectivity index (χ3n) is 2.92. The Bertz CT molecular complexity index is 172. The van der Waals surface area contributed by atoms with Gasteiger partial charge in [-0.25, -0.2) is 0 Å². The molecule has 0 saturated carbocycles. The highest BCUT2D eigenvalue weighted by Crippen LogP contribution is 2.07. The normalized spacial score (nSPS) is 12.3. The molecule has 0 rings (SSSR count). The third kappa shape index (κ3) is 11.5. The van der Waals surface area contributed by atoms with E-state index in [1.165, 1.54) is 51.4 Å². The molecule has 0 aromatic rings. The van der Waals surface area contributed by atoms with Gasteiger partial charge in [-0.1, -0.05) is 51.9 Å². The number of rotatable bonds is 11. The molecule has 0 saturated heterocycles. The Hall–Kier alpha value is -0.550. The first-order chi connectivity index (χ1) is 7.81. The SMILES string of the molecule is CCCCCCCCCCNC(C)CC#N. The van der Waals surface area contributed by atoms with Crippen molar-refractivity contribution in [3.05, 3.63) is 0 Å². The molecule has 0 heterocycles. The van der Waals surface area contributed by atoms with Crippen LogP contribution in [0.1, 0.15) is 71.6 Å².